The third-order valence-corrected chi connectivity index (χ3v) is 6.83. The lowest BCUT2D eigenvalue weighted by Crippen LogP contribution is -2.55. The summed E-state index contributed by atoms with van der Waals surface area (Å²) in [5, 5.41) is 47.8. The normalized spacial score (nSPS) is 24.4. The van der Waals surface area contributed by atoms with Crippen LogP contribution in [0.15, 0.2) is 35.4 Å². The van der Waals surface area contributed by atoms with Crippen molar-refractivity contribution in [2.24, 2.45) is 0 Å². The van der Waals surface area contributed by atoms with Gasteiger partial charge in [-0.2, -0.15) is 5.26 Å². The molecule has 0 saturated carbocycles. The molecule has 0 aliphatic carbocycles. The van der Waals surface area contributed by atoms with Crippen LogP contribution >= 0.6 is 23.4 Å². The second-order valence-corrected chi connectivity index (χ2v) is 9.07. The quantitative estimate of drug-likeness (QED) is 0.340. The van der Waals surface area contributed by atoms with Crippen molar-refractivity contribution in [3.05, 3.63) is 64.3 Å². The van der Waals surface area contributed by atoms with Gasteiger partial charge in [0.1, 0.15) is 47.4 Å². The number of aromatic nitrogens is 3. The van der Waals surface area contributed by atoms with Gasteiger partial charge in [0.2, 0.25) is 0 Å². The number of thioether (sulfide) groups is 1. The van der Waals surface area contributed by atoms with Crippen molar-refractivity contribution < 1.29 is 37.6 Å². The predicted octanol–water partition coefficient (Wildman–Crippen LogP) is 2.80. The molecule has 0 amide bonds. The standard InChI is InChI=1S/C21H15ClF4N4O4S/c22-10-4-16(11(23)3-9(10)5-27)35-21-20(33)18(19(32)15(7-31)34-21)30-6-14(28-29-30)8-1-12(24)17(26)13(25)2-8/h1-4,6,15,18-21,31-33H,7H2/t15-,18+,19+,20-,21-/m1/s1. The first kappa shape index (κ1) is 25.4. The van der Waals surface area contributed by atoms with Gasteiger partial charge >= 0.3 is 0 Å². The molecule has 1 fully saturated rings. The Morgan fingerprint density at radius 3 is 2.40 bits per heavy atom. The molecule has 0 spiro atoms. The summed E-state index contributed by atoms with van der Waals surface area (Å²) < 4.78 is 61.5. The minimum atomic E-state index is -1.66. The fourth-order valence-electron chi connectivity index (χ4n) is 3.57. The number of rotatable bonds is 5. The van der Waals surface area contributed by atoms with Crippen LogP contribution in [0.4, 0.5) is 17.6 Å². The van der Waals surface area contributed by atoms with Crippen molar-refractivity contribution >= 4 is 23.4 Å². The molecule has 14 heteroatoms. The van der Waals surface area contributed by atoms with Crippen molar-refractivity contribution in [3.8, 4) is 17.3 Å². The number of aliphatic hydroxyl groups is 3. The fourth-order valence-corrected chi connectivity index (χ4v) is 4.94. The Balaban J connectivity index is 1.65. The summed E-state index contributed by atoms with van der Waals surface area (Å²) in [6.07, 6.45) is -3.14. The maximum absolute atomic E-state index is 14.5. The first-order valence-corrected chi connectivity index (χ1v) is 11.1. The highest BCUT2D eigenvalue weighted by molar-refractivity contribution is 7.99. The lowest BCUT2D eigenvalue weighted by atomic mass is 9.97. The van der Waals surface area contributed by atoms with Gasteiger partial charge in [0.25, 0.3) is 0 Å². The first-order chi connectivity index (χ1) is 16.6. The van der Waals surface area contributed by atoms with Crippen molar-refractivity contribution in [2.45, 2.75) is 34.7 Å². The van der Waals surface area contributed by atoms with Gasteiger partial charge in [-0.1, -0.05) is 28.6 Å². The number of nitrogens with zero attached hydrogens (tertiary/aromatic N) is 4. The number of hydrogen-bond acceptors (Lipinski definition) is 8. The topological polar surface area (TPSA) is 124 Å². The summed E-state index contributed by atoms with van der Waals surface area (Å²) in [7, 11) is 0. The molecule has 35 heavy (non-hydrogen) atoms. The Morgan fingerprint density at radius 2 is 1.77 bits per heavy atom. The fraction of sp³-hybridized carbons (Fsp3) is 0.286. The van der Waals surface area contributed by atoms with Crippen LogP contribution in [0.1, 0.15) is 11.6 Å². The van der Waals surface area contributed by atoms with Gasteiger partial charge in [0, 0.05) is 10.5 Å². The molecule has 1 aliphatic rings. The third-order valence-electron chi connectivity index (χ3n) is 5.33. The van der Waals surface area contributed by atoms with Crippen molar-refractivity contribution in [3.63, 3.8) is 0 Å². The summed E-state index contributed by atoms with van der Waals surface area (Å²) >= 11 is 6.66. The van der Waals surface area contributed by atoms with Gasteiger partial charge < -0.3 is 20.1 Å². The maximum Gasteiger partial charge on any atom is 0.194 e. The smallest absolute Gasteiger partial charge is 0.194 e. The summed E-state index contributed by atoms with van der Waals surface area (Å²) in [6, 6.07) is 3.95. The highest BCUT2D eigenvalue weighted by Crippen LogP contribution is 2.40. The van der Waals surface area contributed by atoms with E-state index in [2.05, 4.69) is 10.3 Å². The molecule has 3 N–H and O–H groups in total. The minimum Gasteiger partial charge on any atom is -0.394 e. The molecule has 184 valence electrons. The summed E-state index contributed by atoms with van der Waals surface area (Å²) in [4.78, 5) is -0.0681. The third kappa shape index (κ3) is 4.86. The second-order valence-electron chi connectivity index (χ2n) is 7.53. The zero-order valence-electron chi connectivity index (χ0n) is 17.3. The Kier molecular flexibility index (Phi) is 7.32. The van der Waals surface area contributed by atoms with Crippen LogP contribution < -0.4 is 0 Å². The summed E-state index contributed by atoms with van der Waals surface area (Å²) in [5.41, 5.74) is -1.58. The molecule has 1 aliphatic heterocycles. The van der Waals surface area contributed by atoms with Crippen LogP contribution in [-0.4, -0.2) is 60.7 Å². The van der Waals surface area contributed by atoms with E-state index in [4.69, 9.17) is 21.6 Å². The van der Waals surface area contributed by atoms with Crippen LogP contribution in [0.2, 0.25) is 5.02 Å². The van der Waals surface area contributed by atoms with Gasteiger partial charge in [-0.25, -0.2) is 22.2 Å². The highest BCUT2D eigenvalue weighted by Gasteiger charge is 2.46. The number of halogens is 5. The van der Waals surface area contributed by atoms with Crippen LogP contribution in [-0.2, 0) is 4.74 Å². The Morgan fingerprint density at radius 1 is 1.09 bits per heavy atom. The van der Waals surface area contributed by atoms with E-state index >= 15 is 0 Å². The minimum absolute atomic E-state index is 0.0309. The van der Waals surface area contributed by atoms with Crippen molar-refractivity contribution in [1.29, 1.82) is 5.26 Å². The van der Waals surface area contributed by atoms with Gasteiger partial charge in [0.15, 0.2) is 17.5 Å². The molecule has 0 unspecified atom stereocenters. The zero-order chi connectivity index (χ0) is 25.4. The molecule has 3 aromatic rings. The van der Waals surface area contributed by atoms with Gasteiger partial charge in [0.05, 0.1) is 23.4 Å². The molecule has 2 heterocycles. The van der Waals surface area contributed by atoms with Crippen LogP contribution in [0, 0.1) is 34.6 Å². The average Bonchev–Trinajstić information content (AvgIpc) is 3.30. The molecule has 0 bridgehead atoms. The number of benzene rings is 2. The SMILES string of the molecule is N#Cc1cc(F)c(S[C@H]2O[C@H](CO)[C@H](O)[C@H](n3cc(-c4cc(F)c(F)c(F)c4)nn3)[C@H]2O)cc1Cl. The molecule has 8 nitrogen and oxygen atoms in total. The summed E-state index contributed by atoms with van der Waals surface area (Å²) in [6.45, 7) is -0.673. The van der Waals surface area contributed by atoms with E-state index in [0.29, 0.717) is 23.9 Å². The first-order valence-electron chi connectivity index (χ1n) is 9.89. The van der Waals surface area contributed by atoms with E-state index in [9.17, 15) is 32.9 Å². The lowest BCUT2D eigenvalue weighted by Gasteiger charge is -2.41. The van der Waals surface area contributed by atoms with Gasteiger partial charge in [-0.3, -0.25) is 0 Å². The maximum atomic E-state index is 14.5. The lowest BCUT2D eigenvalue weighted by molar-refractivity contribution is -0.178. The Bertz CT molecular complexity index is 1280. The van der Waals surface area contributed by atoms with E-state index in [1.807, 2.05) is 0 Å². The molecule has 0 radical (unpaired) electrons. The largest absolute Gasteiger partial charge is 0.394 e. The molecule has 1 saturated heterocycles. The van der Waals surface area contributed by atoms with E-state index in [1.165, 1.54) is 6.07 Å². The molecular weight excluding hydrogens is 516 g/mol. The molecule has 4 rings (SSSR count). The molecule has 5 atom stereocenters. The van der Waals surface area contributed by atoms with E-state index in [-0.39, 0.29) is 26.7 Å². The Hall–Kier alpha value is -2.73. The molecule has 2 aromatic carbocycles. The van der Waals surface area contributed by atoms with Gasteiger partial charge in [-0.05, 0) is 24.3 Å². The Labute approximate surface area is 204 Å². The van der Waals surface area contributed by atoms with Crippen LogP contribution in [0.3, 0.4) is 0 Å². The van der Waals surface area contributed by atoms with Gasteiger partial charge in [-0.15, -0.1) is 5.10 Å². The number of aliphatic hydroxyl groups excluding tert-OH is 3. The highest BCUT2D eigenvalue weighted by atomic mass is 35.5. The second kappa shape index (κ2) is 10.1. The van der Waals surface area contributed by atoms with Crippen LogP contribution in [0.5, 0.6) is 0 Å². The van der Waals surface area contributed by atoms with E-state index < -0.39 is 59.7 Å². The van der Waals surface area contributed by atoms with Crippen molar-refractivity contribution in [2.75, 3.05) is 6.61 Å². The number of ether oxygens (including phenoxy) is 1. The number of hydrogen-bond donors (Lipinski definition) is 3. The predicted molar refractivity (Wildman–Crippen MR) is 114 cm³/mol. The average molecular weight is 531 g/mol. The zero-order valence-corrected chi connectivity index (χ0v) is 18.9. The van der Waals surface area contributed by atoms with E-state index in [1.54, 1.807) is 6.07 Å². The summed E-state index contributed by atoms with van der Waals surface area (Å²) in [5.74, 6) is -5.35. The molecular formula is C21H15ClF4N4O4S. The van der Waals surface area contributed by atoms with Crippen molar-refractivity contribution in [1.82, 2.24) is 15.0 Å². The van der Waals surface area contributed by atoms with Crippen LogP contribution in [0.25, 0.3) is 11.3 Å². The monoisotopic (exact) mass is 530 g/mol. The van der Waals surface area contributed by atoms with E-state index in [0.717, 1.165) is 16.9 Å². The molecule has 1 aromatic heterocycles. The number of nitriles is 1.